The average Bonchev–Trinajstić information content (AvgIpc) is 3.01. The first-order valence-electron chi connectivity index (χ1n) is 7.64. The molecule has 11 heteroatoms. The fourth-order valence-electron chi connectivity index (χ4n) is 2.53. The number of primary sulfonamides is 1. The van der Waals surface area contributed by atoms with Gasteiger partial charge in [0, 0.05) is 10.6 Å². The monoisotopic (exact) mass is 433 g/mol. The molecule has 1 aromatic heterocycles. The maximum atomic E-state index is 14.2. The predicted molar refractivity (Wildman–Crippen MR) is 95.1 cm³/mol. The lowest BCUT2D eigenvalue weighted by molar-refractivity contribution is -0.141. The molecule has 0 unspecified atom stereocenters. The predicted octanol–water partition coefficient (Wildman–Crippen LogP) is 4.31. The van der Waals surface area contributed by atoms with Crippen molar-refractivity contribution >= 4 is 21.6 Å². The average molecular weight is 434 g/mol. The Labute approximate surface area is 162 Å². The highest BCUT2D eigenvalue weighted by molar-refractivity contribution is 7.89. The number of nitrogens with zero attached hydrogens (tertiary/aromatic N) is 2. The van der Waals surface area contributed by atoms with Crippen molar-refractivity contribution in [2.45, 2.75) is 18.0 Å². The van der Waals surface area contributed by atoms with E-state index in [0.29, 0.717) is 10.6 Å². The maximum Gasteiger partial charge on any atom is 0.435 e. The number of halogens is 5. The molecular weight excluding hydrogens is 422 g/mol. The lowest BCUT2D eigenvalue weighted by Gasteiger charge is -2.10. The molecule has 3 rings (SSSR count). The van der Waals surface area contributed by atoms with Gasteiger partial charge in [0.2, 0.25) is 10.0 Å². The quantitative estimate of drug-likeness (QED) is 0.625. The van der Waals surface area contributed by atoms with Crippen LogP contribution in [0.1, 0.15) is 11.3 Å². The van der Waals surface area contributed by atoms with Crippen LogP contribution in [0, 0.1) is 12.7 Å². The molecule has 0 amide bonds. The summed E-state index contributed by atoms with van der Waals surface area (Å²) in [7, 11) is -4.32. The van der Waals surface area contributed by atoms with Crippen LogP contribution in [0.3, 0.4) is 0 Å². The zero-order chi connectivity index (χ0) is 20.9. The zero-order valence-corrected chi connectivity index (χ0v) is 15.7. The lowest BCUT2D eigenvalue weighted by atomic mass is 10.1. The first kappa shape index (κ1) is 20.3. The number of hydrogen-bond donors (Lipinski definition) is 1. The van der Waals surface area contributed by atoms with Crippen LogP contribution in [-0.2, 0) is 16.2 Å². The van der Waals surface area contributed by atoms with Gasteiger partial charge in [0.1, 0.15) is 10.7 Å². The minimum Gasteiger partial charge on any atom is -0.232 e. The number of nitrogens with two attached hydrogens (primary N) is 1. The van der Waals surface area contributed by atoms with E-state index >= 15 is 0 Å². The van der Waals surface area contributed by atoms with E-state index < -0.39 is 32.6 Å². The highest BCUT2D eigenvalue weighted by atomic mass is 35.5. The van der Waals surface area contributed by atoms with E-state index in [1.807, 2.05) is 0 Å². The van der Waals surface area contributed by atoms with E-state index in [1.165, 1.54) is 12.1 Å². The van der Waals surface area contributed by atoms with Crippen molar-refractivity contribution in [1.82, 2.24) is 9.78 Å². The Bertz CT molecular complexity index is 1170. The first-order chi connectivity index (χ1) is 12.9. The third-order valence-corrected chi connectivity index (χ3v) is 5.29. The molecule has 0 spiro atoms. The van der Waals surface area contributed by atoms with Crippen molar-refractivity contribution in [3.8, 4) is 16.9 Å². The summed E-state index contributed by atoms with van der Waals surface area (Å²) >= 11 is 6.05. The third-order valence-electron chi connectivity index (χ3n) is 3.93. The SMILES string of the molecule is Cc1ccc(-n2nc(C(F)(F)F)cc2-c2ccc(S(N)(=O)=O)c(F)c2)cc1Cl. The number of sulfonamides is 1. The number of benzene rings is 2. The van der Waals surface area contributed by atoms with E-state index in [2.05, 4.69) is 5.10 Å². The smallest absolute Gasteiger partial charge is 0.232 e. The van der Waals surface area contributed by atoms with Gasteiger partial charge in [0.15, 0.2) is 5.69 Å². The van der Waals surface area contributed by atoms with Gasteiger partial charge in [-0.1, -0.05) is 23.7 Å². The van der Waals surface area contributed by atoms with Gasteiger partial charge < -0.3 is 0 Å². The fraction of sp³-hybridized carbons (Fsp3) is 0.118. The molecule has 2 aromatic carbocycles. The van der Waals surface area contributed by atoms with E-state index in [0.717, 1.165) is 28.9 Å². The van der Waals surface area contributed by atoms with Crippen molar-refractivity contribution in [2.75, 3.05) is 0 Å². The molecule has 2 N–H and O–H groups in total. The molecule has 0 atom stereocenters. The Balaban J connectivity index is 2.24. The summed E-state index contributed by atoms with van der Waals surface area (Å²) in [6, 6.07) is 8.07. The first-order valence-corrected chi connectivity index (χ1v) is 9.57. The molecule has 3 aromatic rings. The molecule has 148 valence electrons. The van der Waals surface area contributed by atoms with Crippen LogP contribution in [0.15, 0.2) is 47.4 Å². The number of alkyl halides is 3. The number of aryl methyl sites for hydroxylation is 1. The summed E-state index contributed by atoms with van der Waals surface area (Å²) < 4.78 is 77.4. The summed E-state index contributed by atoms with van der Waals surface area (Å²) in [5, 5.41) is 8.79. The van der Waals surface area contributed by atoms with E-state index in [-0.39, 0.29) is 16.9 Å². The van der Waals surface area contributed by atoms with Crippen LogP contribution >= 0.6 is 11.6 Å². The Hall–Kier alpha value is -2.43. The molecule has 0 fully saturated rings. The molecule has 5 nitrogen and oxygen atoms in total. The van der Waals surface area contributed by atoms with Gasteiger partial charge in [-0.3, -0.25) is 0 Å². The van der Waals surface area contributed by atoms with Crippen LogP contribution in [0.4, 0.5) is 17.6 Å². The maximum absolute atomic E-state index is 14.2. The number of hydrogen-bond acceptors (Lipinski definition) is 3. The molecule has 0 saturated heterocycles. The Morgan fingerprint density at radius 3 is 2.32 bits per heavy atom. The number of rotatable bonds is 3. The lowest BCUT2D eigenvalue weighted by Crippen LogP contribution is -2.14. The van der Waals surface area contributed by atoms with Crippen molar-refractivity contribution in [3.63, 3.8) is 0 Å². The summed E-state index contributed by atoms with van der Waals surface area (Å²) in [6.45, 7) is 1.72. The van der Waals surface area contributed by atoms with Gasteiger partial charge in [-0.05, 0) is 42.8 Å². The third kappa shape index (κ3) is 3.89. The van der Waals surface area contributed by atoms with E-state index in [1.54, 1.807) is 13.0 Å². The topological polar surface area (TPSA) is 78.0 Å². The van der Waals surface area contributed by atoms with Gasteiger partial charge in [-0.2, -0.15) is 18.3 Å². The van der Waals surface area contributed by atoms with E-state index in [4.69, 9.17) is 16.7 Å². The molecule has 0 saturated carbocycles. The molecule has 0 aliphatic heterocycles. The minimum atomic E-state index is -4.74. The Morgan fingerprint density at radius 1 is 1.11 bits per heavy atom. The van der Waals surface area contributed by atoms with Crippen LogP contribution < -0.4 is 5.14 Å². The molecule has 1 heterocycles. The highest BCUT2D eigenvalue weighted by Crippen LogP contribution is 2.34. The molecule has 28 heavy (non-hydrogen) atoms. The second kappa shape index (κ2) is 6.87. The summed E-state index contributed by atoms with van der Waals surface area (Å²) in [5.74, 6) is -1.19. The van der Waals surface area contributed by atoms with Crippen LogP contribution in [-0.4, -0.2) is 18.2 Å². The molecule has 0 aliphatic rings. The van der Waals surface area contributed by atoms with Gasteiger partial charge in [-0.25, -0.2) is 22.6 Å². The molecule has 0 bridgehead atoms. The molecular formula is C17H12ClF4N3O2S. The summed E-state index contributed by atoms with van der Waals surface area (Å²) in [4.78, 5) is -0.767. The number of aromatic nitrogens is 2. The zero-order valence-electron chi connectivity index (χ0n) is 14.1. The molecule has 0 radical (unpaired) electrons. The summed E-state index contributed by atoms with van der Waals surface area (Å²) in [6.07, 6.45) is -4.74. The van der Waals surface area contributed by atoms with E-state index in [9.17, 15) is 26.0 Å². The minimum absolute atomic E-state index is 0.0235. The van der Waals surface area contributed by atoms with Crippen molar-refractivity contribution in [3.05, 3.63) is 64.6 Å². The van der Waals surface area contributed by atoms with Crippen LogP contribution in [0.5, 0.6) is 0 Å². The fourth-order valence-corrected chi connectivity index (χ4v) is 3.29. The van der Waals surface area contributed by atoms with Gasteiger partial charge >= 0.3 is 6.18 Å². The van der Waals surface area contributed by atoms with Gasteiger partial charge in [-0.15, -0.1) is 0 Å². The van der Waals surface area contributed by atoms with Gasteiger partial charge in [0.05, 0.1) is 11.4 Å². The van der Waals surface area contributed by atoms with Crippen molar-refractivity contribution < 1.29 is 26.0 Å². The summed E-state index contributed by atoms with van der Waals surface area (Å²) in [5.41, 5.74) is -0.400. The van der Waals surface area contributed by atoms with Crippen LogP contribution in [0.2, 0.25) is 5.02 Å². The standard InChI is InChI=1S/C17H12ClF4N3O2S/c1-9-2-4-11(7-12(9)18)25-14(8-16(24-25)17(20,21)22)10-3-5-15(13(19)6-10)28(23,26)27/h2-8H,1H3,(H2,23,26,27). The highest BCUT2D eigenvalue weighted by Gasteiger charge is 2.35. The van der Waals surface area contributed by atoms with Crippen molar-refractivity contribution in [1.29, 1.82) is 0 Å². The van der Waals surface area contributed by atoms with Crippen LogP contribution in [0.25, 0.3) is 16.9 Å². The molecule has 0 aliphatic carbocycles. The second-order valence-corrected chi connectivity index (χ2v) is 7.89. The normalized spacial score (nSPS) is 12.4. The van der Waals surface area contributed by atoms with Gasteiger partial charge in [0.25, 0.3) is 0 Å². The Morgan fingerprint density at radius 2 is 1.79 bits per heavy atom. The van der Waals surface area contributed by atoms with Crippen molar-refractivity contribution in [2.24, 2.45) is 5.14 Å². The largest absolute Gasteiger partial charge is 0.435 e. The second-order valence-electron chi connectivity index (χ2n) is 5.95. The Kier molecular flexibility index (Phi) is 4.98.